The highest BCUT2D eigenvalue weighted by atomic mass is 35.5. The van der Waals surface area contributed by atoms with Gasteiger partial charge in [0.25, 0.3) is 0 Å². The molecule has 2 rings (SSSR count). The maximum atomic E-state index is 13.0. The van der Waals surface area contributed by atoms with Crippen molar-refractivity contribution in [3.8, 4) is 5.75 Å². The molecule has 0 fully saturated rings. The first-order chi connectivity index (χ1) is 16.5. The van der Waals surface area contributed by atoms with Gasteiger partial charge in [0, 0.05) is 11.4 Å². The van der Waals surface area contributed by atoms with E-state index in [1.54, 1.807) is 36.4 Å². The van der Waals surface area contributed by atoms with Crippen molar-refractivity contribution < 1.29 is 19.5 Å². The minimum Gasteiger partial charge on any atom is -0.508 e. The molecular formula is C26H35ClN4O4. The highest BCUT2D eigenvalue weighted by Crippen LogP contribution is 2.22. The third kappa shape index (κ3) is 8.56. The molecule has 0 aliphatic rings. The zero-order chi connectivity index (χ0) is 26.1. The summed E-state index contributed by atoms with van der Waals surface area (Å²) in [5.41, 5.74) is 15.0. The summed E-state index contributed by atoms with van der Waals surface area (Å²) in [4.78, 5) is 38.0. The van der Waals surface area contributed by atoms with Crippen LogP contribution < -0.4 is 22.1 Å². The summed E-state index contributed by atoms with van der Waals surface area (Å²) >= 11 is 5.91. The quantitative estimate of drug-likeness (QED) is 0.302. The number of carbonyl (C=O) groups is 3. The normalized spacial score (nSPS) is 13.5. The Kier molecular flexibility index (Phi) is 10.5. The van der Waals surface area contributed by atoms with Gasteiger partial charge in [-0.3, -0.25) is 14.4 Å². The van der Waals surface area contributed by atoms with Gasteiger partial charge in [-0.2, -0.15) is 0 Å². The summed E-state index contributed by atoms with van der Waals surface area (Å²) in [5, 5.41) is 15.7. The van der Waals surface area contributed by atoms with Crippen molar-refractivity contribution in [2.45, 2.75) is 71.0 Å². The lowest BCUT2D eigenvalue weighted by molar-refractivity contribution is -0.131. The van der Waals surface area contributed by atoms with Gasteiger partial charge in [0.15, 0.2) is 0 Å². The van der Waals surface area contributed by atoms with Gasteiger partial charge >= 0.3 is 0 Å². The van der Waals surface area contributed by atoms with Crippen LogP contribution in [0.3, 0.4) is 0 Å². The van der Waals surface area contributed by atoms with Gasteiger partial charge in [-0.1, -0.05) is 43.5 Å². The first-order valence-corrected chi connectivity index (χ1v) is 12.1. The summed E-state index contributed by atoms with van der Waals surface area (Å²) in [5.74, 6) is -1.49. The molecule has 0 unspecified atom stereocenters. The molecule has 0 heterocycles. The SMILES string of the molecule is CCCC[C@@H](NC(=O)[C@@H](N)Cc1c(C)cc(O)cc1C)C(=O)N[C@@H](Cc1ccc(Cl)cc1)C(N)=O. The highest BCUT2D eigenvalue weighted by Gasteiger charge is 2.27. The first-order valence-electron chi connectivity index (χ1n) is 11.7. The lowest BCUT2D eigenvalue weighted by Crippen LogP contribution is -2.56. The number of carbonyl (C=O) groups excluding carboxylic acids is 3. The molecule has 8 nitrogen and oxygen atoms in total. The standard InChI is InChI=1S/C26H35ClN4O4/c1-4-5-6-22(26(35)31-23(24(29)33)13-17-7-9-18(27)10-8-17)30-25(34)21(28)14-20-15(2)11-19(32)12-16(20)3/h7-12,21-23,32H,4-6,13-14,28H2,1-3H3,(H2,29,33)(H,30,34)(H,31,35)/t21-,22+,23-/m0/s1. The molecule has 2 aromatic carbocycles. The average Bonchev–Trinajstić information content (AvgIpc) is 2.79. The van der Waals surface area contributed by atoms with E-state index in [-0.39, 0.29) is 18.6 Å². The summed E-state index contributed by atoms with van der Waals surface area (Å²) in [7, 11) is 0. The number of unbranched alkanes of at least 4 members (excludes halogenated alkanes) is 1. The number of phenols is 1. The number of benzene rings is 2. The van der Waals surface area contributed by atoms with Crippen LogP contribution >= 0.6 is 11.6 Å². The fourth-order valence-electron chi connectivity index (χ4n) is 3.91. The predicted molar refractivity (Wildman–Crippen MR) is 137 cm³/mol. The molecular weight excluding hydrogens is 468 g/mol. The van der Waals surface area contributed by atoms with Gasteiger partial charge in [-0.15, -0.1) is 0 Å². The van der Waals surface area contributed by atoms with Gasteiger partial charge in [0.05, 0.1) is 6.04 Å². The fourth-order valence-corrected chi connectivity index (χ4v) is 4.04. The number of aromatic hydroxyl groups is 1. The van der Waals surface area contributed by atoms with Crippen molar-refractivity contribution in [3.63, 3.8) is 0 Å². The molecule has 0 aliphatic heterocycles. The highest BCUT2D eigenvalue weighted by molar-refractivity contribution is 6.30. The molecule has 0 aliphatic carbocycles. The second kappa shape index (κ2) is 13.1. The summed E-state index contributed by atoms with van der Waals surface area (Å²) in [6.07, 6.45) is 2.37. The number of amides is 3. The van der Waals surface area contributed by atoms with Crippen LogP contribution in [-0.2, 0) is 27.2 Å². The van der Waals surface area contributed by atoms with E-state index < -0.39 is 35.8 Å². The molecule has 9 heteroatoms. The van der Waals surface area contributed by atoms with Crippen molar-refractivity contribution >= 4 is 29.3 Å². The molecule has 3 amide bonds. The van der Waals surface area contributed by atoms with Crippen molar-refractivity contribution in [2.24, 2.45) is 11.5 Å². The van der Waals surface area contributed by atoms with E-state index in [9.17, 15) is 19.5 Å². The third-order valence-corrected chi connectivity index (χ3v) is 6.19. The second-order valence-electron chi connectivity index (χ2n) is 8.87. The van der Waals surface area contributed by atoms with Crippen LogP contribution in [0.2, 0.25) is 5.02 Å². The van der Waals surface area contributed by atoms with Gasteiger partial charge in [-0.25, -0.2) is 0 Å². The smallest absolute Gasteiger partial charge is 0.243 e. The van der Waals surface area contributed by atoms with E-state index in [1.165, 1.54) is 0 Å². The predicted octanol–water partition coefficient (Wildman–Crippen LogP) is 2.42. The van der Waals surface area contributed by atoms with Crippen LogP contribution in [0.15, 0.2) is 36.4 Å². The molecule has 35 heavy (non-hydrogen) atoms. The molecule has 0 radical (unpaired) electrons. The maximum absolute atomic E-state index is 13.0. The molecule has 0 saturated heterocycles. The van der Waals surface area contributed by atoms with Crippen LogP contribution in [0.5, 0.6) is 5.75 Å². The molecule has 7 N–H and O–H groups in total. The van der Waals surface area contributed by atoms with E-state index >= 15 is 0 Å². The molecule has 190 valence electrons. The van der Waals surface area contributed by atoms with Crippen molar-refractivity contribution in [1.82, 2.24) is 10.6 Å². The average molecular weight is 503 g/mol. The van der Waals surface area contributed by atoms with E-state index in [4.69, 9.17) is 23.1 Å². The van der Waals surface area contributed by atoms with Gasteiger partial charge < -0.3 is 27.2 Å². The maximum Gasteiger partial charge on any atom is 0.243 e. The van der Waals surface area contributed by atoms with Crippen molar-refractivity contribution in [2.75, 3.05) is 0 Å². The van der Waals surface area contributed by atoms with Crippen LogP contribution in [-0.4, -0.2) is 41.0 Å². The Labute approximate surface area is 211 Å². The Bertz CT molecular complexity index is 1020. The lowest BCUT2D eigenvalue weighted by atomic mass is 9.95. The molecule has 0 spiro atoms. The minimum atomic E-state index is -0.944. The monoisotopic (exact) mass is 502 g/mol. The first kappa shape index (κ1) is 28.1. The van der Waals surface area contributed by atoms with Gasteiger partial charge in [0.1, 0.15) is 17.8 Å². The minimum absolute atomic E-state index is 0.153. The number of phenolic OH excluding ortho intramolecular Hbond substituents is 1. The lowest BCUT2D eigenvalue weighted by Gasteiger charge is -2.24. The molecule has 0 aromatic heterocycles. The number of rotatable bonds is 12. The van der Waals surface area contributed by atoms with Gasteiger partial charge in [0.2, 0.25) is 17.7 Å². The zero-order valence-corrected chi connectivity index (χ0v) is 21.2. The molecule has 0 bridgehead atoms. The Morgan fingerprint density at radius 2 is 1.54 bits per heavy atom. The number of primary amides is 1. The zero-order valence-electron chi connectivity index (χ0n) is 20.4. The summed E-state index contributed by atoms with van der Waals surface area (Å²) in [6.45, 7) is 5.66. The number of halogens is 1. The van der Waals surface area contributed by atoms with Crippen LogP contribution in [0.4, 0.5) is 0 Å². The largest absolute Gasteiger partial charge is 0.508 e. The van der Waals surface area contributed by atoms with E-state index in [0.29, 0.717) is 17.9 Å². The Morgan fingerprint density at radius 1 is 0.971 bits per heavy atom. The van der Waals surface area contributed by atoms with Crippen LogP contribution in [0.1, 0.15) is 48.4 Å². The van der Waals surface area contributed by atoms with Crippen molar-refractivity contribution in [3.05, 3.63) is 63.7 Å². The number of hydrogen-bond donors (Lipinski definition) is 5. The van der Waals surface area contributed by atoms with Gasteiger partial charge in [-0.05, 0) is 73.2 Å². The van der Waals surface area contributed by atoms with E-state index in [2.05, 4.69) is 10.6 Å². The molecule has 0 saturated carbocycles. The second-order valence-corrected chi connectivity index (χ2v) is 9.30. The number of nitrogens with two attached hydrogens (primary N) is 2. The van der Waals surface area contributed by atoms with Crippen LogP contribution in [0.25, 0.3) is 0 Å². The number of hydrogen-bond acceptors (Lipinski definition) is 5. The van der Waals surface area contributed by atoms with Crippen molar-refractivity contribution in [1.29, 1.82) is 0 Å². The molecule has 3 atom stereocenters. The Morgan fingerprint density at radius 3 is 2.09 bits per heavy atom. The van der Waals surface area contributed by atoms with Crippen LogP contribution in [0, 0.1) is 13.8 Å². The number of aryl methyl sites for hydroxylation is 2. The molecule has 2 aromatic rings. The van der Waals surface area contributed by atoms with E-state index in [1.807, 2.05) is 20.8 Å². The third-order valence-electron chi connectivity index (χ3n) is 5.93. The Hall–Kier alpha value is -3.10. The van der Waals surface area contributed by atoms with E-state index in [0.717, 1.165) is 28.7 Å². The Balaban J connectivity index is 2.09. The fraction of sp³-hybridized carbons (Fsp3) is 0.423. The topological polar surface area (TPSA) is 148 Å². The summed E-state index contributed by atoms with van der Waals surface area (Å²) in [6, 6.07) is 7.45. The number of nitrogens with one attached hydrogen (secondary N) is 2. The summed E-state index contributed by atoms with van der Waals surface area (Å²) < 4.78 is 0.